The van der Waals surface area contributed by atoms with Crippen LogP contribution >= 0.6 is 0 Å². The van der Waals surface area contributed by atoms with Crippen molar-refractivity contribution in [2.45, 2.75) is 51.2 Å². The number of nitrogens with two attached hydrogens (primary N) is 1. The smallest absolute Gasteiger partial charge is 0.222 e. The molecular weight excluding hydrogens is 240 g/mol. The minimum Gasteiger partial charge on any atom is -0.351 e. The van der Waals surface area contributed by atoms with Gasteiger partial charge in [-0.05, 0) is 41.3 Å². The van der Waals surface area contributed by atoms with Gasteiger partial charge in [0, 0.05) is 43.7 Å². The number of likely N-dealkylation sites (tertiary alicyclic amines) is 1. The Kier molecular flexibility index (Phi) is 5.77. The summed E-state index contributed by atoms with van der Waals surface area (Å²) in [6.45, 7) is 8.59. The number of nitrogens with one attached hydrogen (secondary N) is 1. The molecule has 0 aliphatic carbocycles. The van der Waals surface area contributed by atoms with Crippen molar-refractivity contribution < 1.29 is 4.79 Å². The van der Waals surface area contributed by atoms with E-state index in [1.165, 1.54) is 0 Å². The van der Waals surface area contributed by atoms with Crippen LogP contribution in [-0.4, -0.2) is 67.1 Å². The van der Waals surface area contributed by atoms with Crippen molar-refractivity contribution in [3.05, 3.63) is 0 Å². The molecule has 0 spiro atoms. The first-order valence-electron chi connectivity index (χ1n) is 7.14. The molecule has 0 saturated carbocycles. The maximum atomic E-state index is 12.0. The van der Waals surface area contributed by atoms with Crippen LogP contribution in [0.2, 0.25) is 0 Å². The average molecular weight is 270 g/mol. The van der Waals surface area contributed by atoms with Crippen LogP contribution in [0.15, 0.2) is 0 Å². The molecule has 1 saturated heterocycles. The van der Waals surface area contributed by atoms with Crippen LogP contribution in [0.1, 0.15) is 33.6 Å². The summed E-state index contributed by atoms with van der Waals surface area (Å²) in [5.41, 5.74) is 5.68. The van der Waals surface area contributed by atoms with Crippen LogP contribution in [0.5, 0.6) is 0 Å². The zero-order valence-corrected chi connectivity index (χ0v) is 13.1. The minimum absolute atomic E-state index is 0.0938. The van der Waals surface area contributed by atoms with Gasteiger partial charge in [0.2, 0.25) is 5.91 Å². The molecule has 2 atom stereocenters. The summed E-state index contributed by atoms with van der Waals surface area (Å²) < 4.78 is 0. The number of amides is 1. The fraction of sp³-hybridized carbons (Fsp3) is 0.929. The van der Waals surface area contributed by atoms with Gasteiger partial charge in [0.15, 0.2) is 0 Å². The molecule has 0 radical (unpaired) electrons. The van der Waals surface area contributed by atoms with E-state index in [-0.39, 0.29) is 17.5 Å². The first-order chi connectivity index (χ1) is 8.73. The van der Waals surface area contributed by atoms with Gasteiger partial charge in [-0.15, -0.1) is 0 Å². The molecule has 2 unspecified atom stereocenters. The molecule has 0 aromatic rings. The van der Waals surface area contributed by atoms with Gasteiger partial charge in [0.25, 0.3) is 0 Å². The molecule has 1 heterocycles. The summed E-state index contributed by atoms with van der Waals surface area (Å²) in [5.74, 6) is 0.0938. The molecule has 112 valence electrons. The molecule has 5 heteroatoms. The summed E-state index contributed by atoms with van der Waals surface area (Å²) in [6.07, 6.45) is 1.65. The molecular formula is C14H30N4O. The van der Waals surface area contributed by atoms with Crippen LogP contribution in [0.25, 0.3) is 0 Å². The Morgan fingerprint density at radius 3 is 2.53 bits per heavy atom. The first-order valence-corrected chi connectivity index (χ1v) is 7.14. The van der Waals surface area contributed by atoms with Gasteiger partial charge in [0.05, 0.1) is 0 Å². The van der Waals surface area contributed by atoms with E-state index in [9.17, 15) is 4.79 Å². The van der Waals surface area contributed by atoms with Crippen LogP contribution in [0, 0.1) is 0 Å². The van der Waals surface area contributed by atoms with Crippen molar-refractivity contribution in [3.63, 3.8) is 0 Å². The van der Waals surface area contributed by atoms with Crippen LogP contribution in [0.3, 0.4) is 0 Å². The lowest BCUT2D eigenvalue weighted by atomic mass is 10.1. The third kappa shape index (κ3) is 5.47. The van der Waals surface area contributed by atoms with E-state index < -0.39 is 0 Å². The second kappa shape index (κ2) is 6.68. The quantitative estimate of drug-likeness (QED) is 0.752. The standard InChI is InChI=1S/C14H30N4O/c1-14(2,3)16-13(19)8-12(9-15)18-7-6-11(10-18)17(4)5/h11-12H,6-10,15H2,1-5H3,(H,16,19). The molecule has 1 fully saturated rings. The molecule has 19 heavy (non-hydrogen) atoms. The maximum Gasteiger partial charge on any atom is 0.222 e. The Hall–Kier alpha value is -0.650. The summed E-state index contributed by atoms with van der Waals surface area (Å²) in [4.78, 5) is 16.6. The van der Waals surface area contributed by atoms with Gasteiger partial charge >= 0.3 is 0 Å². The van der Waals surface area contributed by atoms with Crippen LogP contribution in [0.4, 0.5) is 0 Å². The van der Waals surface area contributed by atoms with Crippen molar-refractivity contribution in [3.8, 4) is 0 Å². The summed E-state index contributed by atoms with van der Waals surface area (Å²) in [6, 6.07) is 0.743. The highest BCUT2D eigenvalue weighted by molar-refractivity contribution is 5.77. The zero-order valence-electron chi connectivity index (χ0n) is 13.1. The van der Waals surface area contributed by atoms with Crippen LogP contribution < -0.4 is 11.1 Å². The molecule has 3 N–H and O–H groups in total. The lowest BCUT2D eigenvalue weighted by molar-refractivity contribution is -0.123. The van der Waals surface area contributed by atoms with Crippen molar-refractivity contribution in [1.29, 1.82) is 0 Å². The topological polar surface area (TPSA) is 61.6 Å². The predicted molar refractivity (Wildman–Crippen MR) is 79.0 cm³/mol. The van der Waals surface area contributed by atoms with Gasteiger partial charge in [-0.25, -0.2) is 0 Å². The Balaban J connectivity index is 2.48. The Morgan fingerprint density at radius 2 is 2.11 bits per heavy atom. The molecule has 1 amide bonds. The van der Waals surface area contributed by atoms with Crippen molar-refractivity contribution >= 4 is 5.91 Å². The van der Waals surface area contributed by atoms with E-state index in [0.717, 1.165) is 19.5 Å². The number of carbonyl (C=O) groups is 1. The SMILES string of the molecule is CN(C)C1CCN(C(CN)CC(=O)NC(C)(C)C)C1. The van der Waals surface area contributed by atoms with Gasteiger partial charge in [-0.3, -0.25) is 9.69 Å². The Bertz CT molecular complexity index is 298. The summed E-state index contributed by atoms with van der Waals surface area (Å²) >= 11 is 0. The van der Waals surface area contributed by atoms with Gasteiger partial charge in [0.1, 0.15) is 0 Å². The monoisotopic (exact) mass is 270 g/mol. The highest BCUT2D eigenvalue weighted by Crippen LogP contribution is 2.17. The van der Waals surface area contributed by atoms with E-state index in [1.807, 2.05) is 20.8 Å². The number of rotatable bonds is 5. The first kappa shape index (κ1) is 16.4. The van der Waals surface area contributed by atoms with E-state index in [4.69, 9.17) is 5.73 Å². The second-order valence-corrected chi connectivity index (χ2v) is 6.79. The maximum absolute atomic E-state index is 12.0. The summed E-state index contributed by atoms with van der Waals surface area (Å²) in [7, 11) is 4.22. The lowest BCUT2D eigenvalue weighted by Gasteiger charge is -2.29. The molecule has 1 rings (SSSR count). The van der Waals surface area contributed by atoms with E-state index in [0.29, 0.717) is 19.0 Å². The van der Waals surface area contributed by atoms with E-state index >= 15 is 0 Å². The fourth-order valence-corrected chi connectivity index (χ4v) is 2.57. The molecule has 0 aromatic carbocycles. The highest BCUT2D eigenvalue weighted by atomic mass is 16.1. The fourth-order valence-electron chi connectivity index (χ4n) is 2.57. The number of hydrogen-bond donors (Lipinski definition) is 2. The summed E-state index contributed by atoms with van der Waals surface area (Å²) in [5, 5.41) is 3.01. The molecule has 1 aliphatic rings. The largest absolute Gasteiger partial charge is 0.351 e. The van der Waals surface area contributed by atoms with Crippen molar-refractivity contribution in [1.82, 2.24) is 15.1 Å². The second-order valence-electron chi connectivity index (χ2n) is 6.79. The van der Waals surface area contributed by atoms with E-state index in [2.05, 4.69) is 29.2 Å². The average Bonchev–Trinajstić information content (AvgIpc) is 2.72. The van der Waals surface area contributed by atoms with E-state index in [1.54, 1.807) is 0 Å². The van der Waals surface area contributed by atoms with Crippen molar-refractivity contribution in [2.75, 3.05) is 33.7 Å². The number of hydrogen-bond acceptors (Lipinski definition) is 4. The van der Waals surface area contributed by atoms with Crippen molar-refractivity contribution in [2.24, 2.45) is 5.73 Å². The normalized spacial score (nSPS) is 22.8. The molecule has 1 aliphatic heterocycles. The Morgan fingerprint density at radius 1 is 1.47 bits per heavy atom. The third-order valence-electron chi connectivity index (χ3n) is 3.65. The number of carbonyl (C=O) groups excluding carboxylic acids is 1. The number of nitrogens with zero attached hydrogens (tertiary/aromatic N) is 2. The number of likely N-dealkylation sites (N-methyl/N-ethyl adjacent to an activating group) is 1. The molecule has 5 nitrogen and oxygen atoms in total. The Labute approximate surface area is 117 Å². The zero-order chi connectivity index (χ0) is 14.6. The lowest BCUT2D eigenvalue weighted by Crippen LogP contribution is -2.47. The van der Waals surface area contributed by atoms with Gasteiger partial charge in [-0.1, -0.05) is 0 Å². The van der Waals surface area contributed by atoms with Gasteiger partial charge in [-0.2, -0.15) is 0 Å². The van der Waals surface area contributed by atoms with Gasteiger partial charge < -0.3 is 16.0 Å². The molecule has 0 aromatic heterocycles. The molecule has 0 bridgehead atoms. The third-order valence-corrected chi connectivity index (χ3v) is 3.65. The predicted octanol–water partition coefficient (Wildman–Crippen LogP) is 0.254. The van der Waals surface area contributed by atoms with Crippen LogP contribution in [-0.2, 0) is 4.79 Å². The minimum atomic E-state index is -0.173. The highest BCUT2D eigenvalue weighted by Gasteiger charge is 2.30.